The van der Waals surface area contributed by atoms with E-state index < -0.39 is 73.1 Å². The highest BCUT2D eigenvalue weighted by molar-refractivity contribution is 5.91. The highest BCUT2D eigenvalue weighted by Gasteiger charge is 2.47. The van der Waals surface area contributed by atoms with Crippen molar-refractivity contribution in [1.29, 1.82) is 0 Å². The molecule has 2 fully saturated rings. The number of aliphatic hydroxyl groups excluding tert-OH is 6. The lowest BCUT2D eigenvalue weighted by Crippen LogP contribution is -2.61. The third-order valence-electron chi connectivity index (χ3n) is 7.36. The van der Waals surface area contributed by atoms with Crippen molar-refractivity contribution in [3.05, 3.63) is 46.8 Å². The fourth-order valence-corrected chi connectivity index (χ4v) is 4.87. The molecule has 7 N–H and O–H groups in total. The lowest BCUT2D eigenvalue weighted by Gasteiger charge is -2.41. The van der Waals surface area contributed by atoms with Crippen LogP contribution in [0.4, 0.5) is 0 Å². The summed E-state index contributed by atoms with van der Waals surface area (Å²) in [5, 5.41) is 71.9. The number of methoxy groups -OCH3 is 2. The van der Waals surface area contributed by atoms with Gasteiger partial charge in [-0.3, -0.25) is 4.79 Å². The van der Waals surface area contributed by atoms with Crippen molar-refractivity contribution in [3.8, 4) is 34.1 Å². The van der Waals surface area contributed by atoms with Crippen molar-refractivity contribution in [2.75, 3.05) is 27.4 Å². The van der Waals surface area contributed by atoms with Gasteiger partial charge in [0.15, 0.2) is 17.8 Å². The second kappa shape index (κ2) is 12.6. The molecule has 3 aromatic rings. The maximum Gasteiger partial charge on any atom is 0.229 e. The number of fused-ring (bicyclic) bond motifs is 1. The van der Waals surface area contributed by atoms with Crippen LogP contribution in [0.3, 0.4) is 0 Å². The first kappa shape index (κ1) is 30.9. The normalized spacial score (nSPS) is 31.1. The third-order valence-corrected chi connectivity index (χ3v) is 7.36. The fraction of sp³-hybridized carbons (Fsp3) is 0.464. The van der Waals surface area contributed by atoms with E-state index in [0.29, 0.717) is 11.3 Å². The molecular weight excluding hydrogens is 576 g/mol. The fourth-order valence-electron chi connectivity index (χ4n) is 4.87. The maximum absolute atomic E-state index is 13.4. The molecule has 2 aromatic carbocycles. The molecule has 234 valence electrons. The van der Waals surface area contributed by atoms with Gasteiger partial charge in [-0.1, -0.05) is 12.1 Å². The molecule has 15 nitrogen and oxygen atoms in total. The van der Waals surface area contributed by atoms with Crippen molar-refractivity contribution >= 4 is 11.0 Å². The number of hydrogen-bond donors (Lipinski definition) is 7. The van der Waals surface area contributed by atoms with Crippen molar-refractivity contribution in [1.82, 2.24) is 0 Å². The van der Waals surface area contributed by atoms with Gasteiger partial charge in [0.25, 0.3) is 0 Å². The molecule has 0 bridgehead atoms. The molecule has 15 heteroatoms. The molecule has 2 aliphatic rings. The van der Waals surface area contributed by atoms with E-state index in [1.165, 1.54) is 26.5 Å². The number of aliphatic hydroxyl groups is 6. The molecule has 0 spiro atoms. The van der Waals surface area contributed by atoms with Crippen LogP contribution in [0.2, 0.25) is 0 Å². The minimum atomic E-state index is -1.80. The van der Waals surface area contributed by atoms with Crippen LogP contribution >= 0.6 is 0 Å². The molecule has 0 unspecified atom stereocenters. The van der Waals surface area contributed by atoms with Crippen LogP contribution in [-0.4, -0.2) is 118 Å². The number of phenols is 1. The molecule has 0 amide bonds. The molecule has 3 heterocycles. The molecule has 5 rings (SSSR count). The Morgan fingerprint density at radius 3 is 2.26 bits per heavy atom. The van der Waals surface area contributed by atoms with E-state index in [0.717, 1.165) is 0 Å². The second-order valence-corrected chi connectivity index (χ2v) is 10.1. The van der Waals surface area contributed by atoms with Gasteiger partial charge in [-0.05, 0) is 17.7 Å². The summed E-state index contributed by atoms with van der Waals surface area (Å²) in [6.07, 6.45) is -12.9. The van der Waals surface area contributed by atoms with Crippen LogP contribution in [0.15, 0.2) is 45.8 Å². The van der Waals surface area contributed by atoms with Crippen LogP contribution < -0.4 is 19.6 Å². The summed E-state index contributed by atoms with van der Waals surface area (Å²) in [5.74, 6) is -0.572. The zero-order chi connectivity index (χ0) is 31.0. The highest BCUT2D eigenvalue weighted by atomic mass is 16.7. The molecule has 9 atom stereocenters. The maximum atomic E-state index is 13.4. The van der Waals surface area contributed by atoms with E-state index in [-0.39, 0.29) is 34.6 Å². The monoisotopic (exact) mass is 608 g/mol. The molecule has 0 saturated carbocycles. The molecule has 1 aromatic heterocycles. The van der Waals surface area contributed by atoms with Gasteiger partial charge in [-0.2, -0.15) is 0 Å². The molecule has 0 aliphatic carbocycles. The lowest BCUT2D eigenvalue weighted by atomic mass is 9.99. The predicted octanol–water partition coefficient (Wildman–Crippen LogP) is -1.18. The van der Waals surface area contributed by atoms with Gasteiger partial charge in [0.1, 0.15) is 65.7 Å². The Balaban J connectivity index is 1.39. The summed E-state index contributed by atoms with van der Waals surface area (Å²) < 4.78 is 38.0. The van der Waals surface area contributed by atoms with Crippen molar-refractivity contribution < 1.29 is 68.6 Å². The quantitative estimate of drug-likeness (QED) is 0.160. The van der Waals surface area contributed by atoms with E-state index in [2.05, 4.69) is 0 Å². The summed E-state index contributed by atoms with van der Waals surface area (Å²) >= 11 is 0. The highest BCUT2D eigenvalue weighted by Crippen LogP contribution is 2.43. The average Bonchev–Trinajstić information content (AvgIpc) is 3.00. The Hall–Kier alpha value is -3.51. The molecule has 0 radical (unpaired) electrons. The smallest absolute Gasteiger partial charge is 0.229 e. The minimum absolute atomic E-state index is 0.0921. The van der Waals surface area contributed by atoms with Crippen molar-refractivity contribution in [3.63, 3.8) is 0 Å². The number of benzene rings is 2. The average molecular weight is 609 g/mol. The second-order valence-electron chi connectivity index (χ2n) is 10.1. The number of phenolic OH excluding ortho intramolecular Hbond substituents is 1. The number of aromatic hydroxyl groups is 1. The van der Waals surface area contributed by atoms with Crippen LogP contribution in [0, 0.1) is 0 Å². The van der Waals surface area contributed by atoms with Crippen LogP contribution in [0.5, 0.6) is 23.0 Å². The summed E-state index contributed by atoms with van der Waals surface area (Å²) in [6.45, 7) is -0.828. The minimum Gasteiger partial charge on any atom is -0.504 e. The van der Waals surface area contributed by atoms with Gasteiger partial charge in [0, 0.05) is 6.07 Å². The van der Waals surface area contributed by atoms with Gasteiger partial charge in [0.05, 0.1) is 33.0 Å². The first-order valence-corrected chi connectivity index (χ1v) is 13.2. The summed E-state index contributed by atoms with van der Waals surface area (Å²) in [7, 11) is 2.71. The van der Waals surface area contributed by atoms with E-state index in [9.17, 15) is 40.5 Å². The number of rotatable bonds is 8. The van der Waals surface area contributed by atoms with Gasteiger partial charge >= 0.3 is 0 Å². The van der Waals surface area contributed by atoms with E-state index >= 15 is 0 Å². The van der Waals surface area contributed by atoms with Gasteiger partial charge in [-0.25, -0.2) is 0 Å². The van der Waals surface area contributed by atoms with Crippen LogP contribution in [-0.2, 0) is 14.2 Å². The molecule has 2 saturated heterocycles. The van der Waals surface area contributed by atoms with Gasteiger partial charge in [0.2, 0.25) is 17.5 Å². The Morgan fingerprint density at radius 2 is 1.58 bits per heavy atom. The lowest BCUT2D eigenvalue weighted by molar-refractivity contribution is -0.307. The van der Waals surface area contributed by atoms with Gasteiger partial charge < -0.3 is 68.6 Å². The summed E-state index contributed by atoms with van der Waals surface area (Å²) in [5.41, 5.74) is 0.00139. The van der Waals surface area contributed by atoms with Crippen molar-refractivity contribution in [2.45, 2.75) is 55.3 Å². The first-order chi connectivity index (χ1) is 20.5. The Labute approximate surface area is 243 Å². The Bertz CT molecular complexity index is 1470. The predicted molar refractivity (Wildman–Crippen MR) is 144 cm³/mol. The summed E-state index contributed by atoms with van der Waals surface area (Å²) in [6, 6.07) is 7.85. The molecule has 2 aliphatic heterocycles. The van der Waals surface area contributed by atoms with Crippen LogP contribution in [0.1, 0.15) is 0 Å². The zero-order valence-corrected chi connectivity index (χ0v) is 23.0. The zero-order valence-electron chi connectivity index (χ0n) is 23.0. The Kier molecular flexibility index (Phi) is 9.07. The molecular formula is C28H32O15. The number of ether oxygens (including phenoxy) is 6. The number of hydrogen-bond acceptors (Lipinski definition) is 15. The van der Waals surface area contributed by atoms with E-state index in [1.54, 1.807) is 24.3 Å². The topological polar surface area (TPSA) is 227 Å². The first-order valence-electron chi connectivity index (χ1n) is 13.2. The van der Waals surface area contributed by atoms with Crippen LogP contribution in [0.25, 0.3) is 22.1 Å². The van der Waals surface area contributed by atoms with E-state index in [1.807, 2.05) is 0 Å². The summed E-state index contributed by atoms with van der Waals surface area (Å²) in [4.78, 5) is 13.4. The largest absolute Gasteiger partial charge is 0.504 e. The van der Waals surface area contributed by atoms with Gasteiger partial charge in [-0.15, -0.1) is 0 Å². The Morgan fingerprint density at radius 1 is 0.884 bits per heavy atom. The third kappa shape index (κ3) is 5.86. The van der Waals surface area contributed by atoms with E-state index in [4.69, 9.17) is 32.8 Å². The SMILES string of the molecule is COc1ccc(-c2coc3cc(O[C@H]4O[C@@H](CO[C@H]5OC[C@H](O)[C@@H](O)[C@@H]5O)[C@H](O)[C@@H](O)[C@@H]4O)c(OC)c(O)c3c2=O)cc1. The van der Waals surface area contributed by atoms with Crippen molar-refractivity contribution in [2.24, 2.45) is 0 Å². The molecule has 43 heavy (non-hydrogen) atoms. The standard InChI is InChI=1S/C28H32O15/c1-37-12-5-3-11(4-6-12)13-8-39-15-7-16(26(38-2)22(33)18(15)19(13)30)42-28-25(36)23(34)21(32)17(43-28)10-41-27-24(35)20(31)14(29)9-40-27/h3-8,14,17,20-21,23-25,27-29,31-36H,9-10H2,1-2H3/t14-,17-,20+,21-,23+,24-,25-,27+,28-/m0/s1.